The second kappa shape index (κ2) is 6.45. The predicted octanol–water partition coefficient (Wildman–Crippen LogP) is 3.89. The minimum atomic E-state index is -0.354. The molecule has 4 bridgehead atoms. The van der Waals surface area contributed by atoms with Crippen LogP contribution in [0.4, 0.5) is 0 Å². The molecule has 2 aromatic rings. The van der Waals surface area contributed by atoms with E-state index < -0.39 is 0 Å². The Labute approximate surface area is 169 Å². The van der Waals surface area contributed by atoms with E-state index in [0.29, 0.717) is 16.4 Å². The topological polar surface area (TPSA) is 64.0 Å². The van der Waals surface area contributed by atoms with E-state index in [1.165, 1.54) is 25.3 Å². The van der Waals surface area contributed by atoms with Gasteiger partial charge in [-0.25, -0.2) is 4.68 Å². The second-order valence-electron chi connectivity index (χ2n) is 9.01. The number of amides is 1. The van der Waals surface area contributed by atoms with Gasteiger partial charge >= 0.3 is 0 Å². The molecular weight excluding hydrogens is 374 g/mol. The molecule has 5 nitrogen and oxygen atoms in total. The standard InChI is InChI=1S/C22H24ClN3O2/c1-13-6-19(27)20(25-26(13)18-5-3-2-4-17(18)23)21(28)24-22-10-14-7-15(11-22)9-16(8-14)12-22/h2-6,14-16H,7-12H2,1H3,(H,24,28). The number of hydrogen-bond acceptors (Lipinski definition) is 3. The largest absolute Gasteiger partial charge is 0.345 e. The van der Waals surface area contributed by atoms with E-state index in [1.807, 2.05) is 18.2 Å². The smallest absolute Gasteiger partial charge is 0.276 e. The zero-order valence-corrected chi connectivity index (χ0v) is 16.7. The lowest BCUT2D eigenvalue weighted by Gasteiger charge is -2.56. The Morgan fingerprint density at radius 2 is 1.75 bits per heavy atom. The Hall–Kier alpha value is -2.14. The molecule has 1 aromatic heterocycles. The summed E-state index contributed by atoms with van der Waals surface area (Å²) in [5.74, 6) is 1.81. The number of aromatic nitrogens is 2. The normalized spacial score (nSPS) is 30.4. The van der Waals surface area contributed by atoms with Crippen molar-refractivity contribution in [2.45, 2.75) is 51.0 Å². The van der Waals surface area contributed by atoms with Crippen LogP contribution in [0.25, 0.3) is 5.69 Å². The average molecular weight is 398 g/mol. The fraction of sp³-hybridized carbons (Fsp3) is 0.500. The Morgan fingerprint density at radius 3 is 2.36 bits per heavy atom. The summed E-state index contributed by atoms with van der Waals surface area (Å²) < 4.78 is 1.58. The Bertz CT molecular complexity index is 978. The van der Waals surface area contributed by atoms with Crippen molar-refractivity contribution in [3.63, 3.8) is 0 Å². The van der Waals surface area contributed by atoms with Crippen LogP contribution < -0.4 is 10.7 Å². The van der Waals surface area contributed by atoms with E-state index in [4.69, 9.17) is 11.6 Å². The Balaban J connectivity index is 1.48. The molecule has 1 heterocycles. The third kappa shape index (κ3) is 2.96. The van der Waals surface area contributed by atoms with Crippen LogP contribution in [0.3, 0.4) is 0 Å². The molecule has 1 aromatic carbocycles. The van der Waals surface area contributed by atoms with Crippen molar-refractivity contribution in [1.29, 1.82) is 0 Å². The van der Waals surface area contributed by atoms with Gasteiger partial charge in [-0.2, -0.15) is 5.10 Å². The summed E-state index contributed by atoms with van der Waals surface area (Å²) in [4.78, 5) is 25.7. The highest BCUT2D eigenvalue weighted by Gasteiger charge is 2.51. The minimum Gasteiger partial charge on any atom is -0.345 e. The number of carbonyl (C=O) groups is 1. The predicted molar refractivity (Wildman–Crippen MR) is 108 cm³/mol. The van der Waals surface area contributed by atoms with E-state index in [9.17, 15) is 9.59 Å². The fourth-order valence-corrected chi connectivity index (χ4v) is 6.35. The molecule has 4 aliphatic carbocycles. The van der Waals surface area contributed by atoms with Gasteiger partial charge in [0.1, 0.15) is 0 Å². The van der Waals surface area contributed by atoms with Gasteiger partial charge in [0, 0.05) is 17.3 Å². The third-order valence-electron chi connectivity index (χ3n) is 6.82. The van der Waals surface area contributed by atoms with Gasteiger partial charge in [0.15, 0.2) is 5.69 Å². The highest BCUT2D eigenvalue weighted by Crippen LogP contribution is 2.55. The van der Waals surface area contributed by atoms with Gasteiger partial charge in [-0.05, 0) is 75.3 Å². The molecule has 0 saturated heterocycles. The van der Waals surface area contributed by atoms with Crippen molar-refractivity contribution in [2.75, 3.05) is 0 Å². The number of carbonyl (C=O) groups excluding carboxylic acids is 1. The molecule has 146 valence electrons. The van der Waals surface area contributed by atoms with Crippen LogP contribution in [0.1, 0.15) is 54.7 Å². The molecule has 4 saturated carbocycles. The third-order valence-corrected chi connectivity index (χ3v) is 7.14. The van der Waals surface area contributed by atoms with Gasteiger partial charge in [0.05, 0.1) is 10.7 Å². The lowest BCUT2D eigenvalue weighted by molar-refractivity contribution is -0.0168. The molecule has 0 aliphatic heterocycles. The summed E-state index contributed by atoms with van der Waals surface area (Å²) >= 11 is 6.31. The maximum Gasteiger partial charge on any atom is 0.276 e. The van der Waals surface area contributed by atoms with Gasteiger partial charge in [-0.1, -0.05) is 23.7 Å². The van der Waals surface area contributed by atoms with Crippen molar-refractivity contribution < 1.29 is 4.79 Å². The number of hydrogen-bond donors (Lipinski definition) is 1. The summed E-state index contributed by atoms with van der Waals surface area (Å²) in [6.45, 7) is 1.79. The molecule has 0 unspecified atom stereocenters. The number of benzene rings is 1. The van der Waals surface area contributed by atoms with Crippen LogP contribution in [0.2, 0.25) is 5.02 Å². The first-order valence-corrected chi connectivity index (χ1v) is 10.5. The molecule has 1 amide bonds. The maximum absolute atomic E-state index is 13.1. The van der Waals surface area contributed by atoms with Gasteiger partial charge in [0.2, 0.25) is 5.43 Å². The number of para-hydroxylation sites is 1. The van der Waals surface area contributed by atoms with E-state index >= 15 is 0 Å². The van der Waals surface area contributed by atoms with E-state index in [2.05, 4.69) is 10.4 Å². The monoisotopic (exact) mass is 397 g/mol. The summed E-state index contributed by atoms with van der Waals surface area (Å²) in [5.41, 5.74) is 0.749. The molecule has 28 heavy (non-hydrogen) atoms. The highest BCUT2D eigenvalue weighted by atomic mass is 35.5. The molecule has 6 rings (SSSR count). The molecule has 0 atom stereocenters. The van der Waals surface area contributed by atoms with Crippen molar-refractivity contribution in [1.82, 2.24) is 15.1 Å². The van der Waals surface area contributed by atoms with Crippen LogP contribution in [-0.4, -0.2) is 21.2 Å². The SMILES string of the molecule is Cc1cc(=O)c(C(=O)NC23CC4CC(CC(C4)C2)C3)nn1-c1ccccc1Cl. The molecular formula is C22H24ClN3O2. The van der Waals surface area contributed by atoms with Gasteiger partial charge in [-0.15, -0.1) is 0 Å². The fourth-order valence-electron chi connectivity index (χ4n) is 6.14. The molecule has 1 N–H and O–H groups in total. The number of nitrogens with zero attached hydrogens (tertiary/aromatic N) is 2. The van der Waals surface area contributed by atoms with Crippen LogP contribution in [0.5, 0.6) is 0 Å². The number of rotatable bonds is 3. The van der Waals surface area contributed by atoms with E-state index in [1.54, 1.807) is 17.7 Å². The van der Waals surface area contributed by atoms with Gasteiger partial charge < -0.3 is 5.32 Å². The zero-order valence-electron chi connectivity index (χ0n) is 16.0. The molecule has 4 aliphatic rings. The van der Waals surface area contributed by atoms with Crippen LogP contribution >= 0.6 is 11.6 Å². The number of aryl methyl sites for hydroxylation is 1. The van der Waals surface area contributed by atoms with Crippen molar-refractivity contribution >= 4 is 17.5 Å². The van der Waals surface area contributed by atoms with Crippen LogP contribution in [0, 0.1) is 24.7 Å². The van der Waals surface area contributed by atoms with E-state index in [-0.39, 0.29) is 22.6 Å². The van der Waals surface area contributed by atoms with Gasteiger partial charge in [0.25, 0.3) is 5.91 Å². The van der Waals surface area contributed by atoms with Crippen molar-refractivity contribution in [2.24, 2.45) is 17.8 Å². The van der Waals surface area contributed by atoms with Crippen LogP contribution in [-0.2, 0) is 0 Å². The highest BCUT2D eigenvalue weighted by molar-refractivity contribution is 6.32. The first kappa shape index (κ1) is 17.9. The maximum atomic E-state index is 13.1. The summed E-state index contributed by atoms with van der Waals surface area (Å²) in [6.07, 6.45) is 7.02. The van der Waals surface area contributed by atoms with Crippen molar-refractivity contribution in [3.05, 3.63) is 57.0 Å². The summed E-state index contributed by atoms with van der Waals surface area (Å²) in [7, 11) is 0. The minimum absolute atomic E-state index is 0.0544. The number of halogens is 1. The molecule has 0 radical (unpaired) electrons. The van der Waals surface area contributed by atoms with Crippen LogP contribution in [0.15, 0.2) is 35.1 Å². The van der Waals surface area contributed by atoms with Crippen molar-refractivity contribution in [3.8, 4) is 5.69 Å². The molecule has 4 fully saturated rings. The molecule has 6 heteroatoms. The van der Waals surface area contributed by atoms with E-state index in [0.717, 1.165) is 37.0 Å². The Morgan fingerprint density at radius 1 is 1.14 bits per heavy atom. The second-order valence-corrected chi connectivity index (χ2v) is 9.42. The average Bonchev–Trinajstić information content (AvgIpc) is 2.61. The number of nitrogens with one attached hydrogen (secondary N) is 1. The lowest BCUT2D eigenvalue weighted by Crippen LogP contribution is -2.60. The van der Waals surface area contributed by atoms with Gasteiger partial charge in [-0.3, -0.25) is 9.59 Å². The first-order chi connectivity index (χ1) is 13.4. The zero-order chi connectivity index (χ0) is 19.5. The first-order valence-electron chi connectivity index (χ1n) is 10.1. The quantitative estimate of drug-likeness (QED) is 0.854. The summed E-state index contributed by atoms with van der Waals surface area (Å²) in [6, 6.07) is 8.75. The lowest BCUT2D eigenvalue weighted by atomic mass is 9.53. The molecule has 0 spiro atoms. The summed E-state index contributed by atoms with van der Waals surface area (Å²) in [5, 5.41) is 8.18. The Kier molecular flexibility index (Phi) is 4.13.